The van der Waals surface area contributed by atoms with Crippen molar-refractivity contribution in [2.24, 2.45) is 0 Å². The summed E-state index contributed by atoms with van der Waals surface area (Å²) in [6.45, 7) is 7.34. The molecule has 1 rings (SSSR count). The van der Waals surface area contributed by atoms with E-state index in [9.17, 15) is 9.90 Å². The van der Waals surface area contributed by atoms with E-state index in [1.807, 2.05) is 13.8 Å². The van der Waals surface area contributed by atoms with E-state index in [1.165, 1.54) is 12.8 Å². The van der Waals surface area contributed by atoms with E-state index < -0.39 is 5.60 Å². The van der Waals surface area contributed by atoms with Crippen LogP contribution in [0.5, 0.6) is 0 Å². The molecule has 0 spiro atoms. The molecule has 1 saturated heterocycles. The number of hydrogen-bond acceptors (Lipinski definition) is 3. The highest BCUT2D eigenvalue weighted by atomic mass is 16.3. The largest absolute Gasteiger partial charge is 0.390 e. The zero-order chi connectivity index (χ0) is 12.2. The Morgan fingerprint density at radius 3 is 2.69 bits per heavy atom. The van der Waals surface area contributed by atoms with E-state index in [4.69, 9.17) is 0 Å². The molecule has 0 saturated carbocycles. The molecule has 0 amide bonds. The molecule has 94 valence electrons. The van der Waals surface area contributed by atoms with Crippen LogP contribution in [0.25, 0.3) is 0 Å². The van der Waals surface area contributed by atoms with Crippen molar-refractivity contribution < 1.29 is 9.90 Å². The first-order valence-corrected chi connectivity index (χ1v) is 6.34. The summed E-state index contributed by atoms with van der Waals surface area (Å²) in [6, 6.07) is 0.411. The summed E-state index contributed by atoms with van der Waals surface area (Å²) < 4.78 is 0. The van der Waals surface area contributed by atoms with Crippen LogP contribution in [-0.4, -0.2) is 40.5 Å². The molecule has 16 heavy (non-hydrogen) atoms. The zero-order valence-electron chi connectivity index (χ0n) is 10.8. The van der Waals surface area contributed by atoms with Crippen LogP contribution in [0.1, 0.15) is 52.9 Å². The van der Waals surface area contributed by atoms with Crippen molar-refractivity contribution in [1.82, 2.24) is 4.90 Å². The van der Waals surface area contributed by atoms with Gasteiger partial charge in [0.25, 0.3) is 0 Å². The van der Waals surface area contributed by atoms with Crippen molar-refractivity contribution >= 4 is 5.78 Å². The van der Waals surface area contributed by atoms with Crippen molar-refractivity contribution in [3.8, 4) is 0 Å². The number of Topliss-reactive ketones (excluding diaryl/α,β-unsaturated/α-hetero) is 1. The third kappa shape index (κ3) is 5.08. The second kappa shape index (κ2) is 5.78. The summed E-state index contributed by atoms with van der Waals surface area (Å²) in [7, 11) is 0. The maximum absolute atomic E-state index is 11.2. The molecule has 0 bridgehead atoms. The zero-order valence-corrected chi connectivity index (χ0v) is 10.8. The minimum atomic E-state index is -0.599. The molecule has 1 atom stereocenters. The number of carbonyl (C=O) groups excluding carboxylic acids is 1. The Kier molecular flexibility index (Phi) is 4.93. The lowest BCUT2D eigenvalue weighted by atomic mass is 9.96. The minimum absolute atomic E-state index is 0.278. The van der Waals surface area contributed by atoms with Crippen LogP contribution in [0.2, 0.25) is 0 Å². The van der Waals surface area contributed by atoms with E-state index in [2.05, 4.69) is 4.90 Å². The Labute approximate surface area is 98.8 Å². The normalized spacial score (nSPS) is 23.4. The maximum atomic E-state index is 11.2. The predicted molar refractivity (Wildman–Crippen MR) is 65.4 cm³/mol. The second-order valence-electron chi connectivity index (χ2n) is 5.65. The van der Waals surface area contributed by atoms with Gasteiger partial charge in [0.2, 0.25) is 0 Å². The van der Waals surface area contributed by atoms with Gasteiger partial charge in [-0.15, -0.1) is 0 Å². The van der Waals surface area contributed by atoms with Crippen molar-refractivity contribution in [3.05, 3.63) is 0 Å². The Balaban J connectivity index is 2.44. The second-order valence-corrected chi connectivity index (χ2v) is 5.65. The molecule has 0 aromatic rings. The lowest BCUT2D eigenvalue weighted by Crippen LogP contribution is -2.42. The Morgan fingerprint density at radius 2 is 2.12 bits per heavy atom. The standard InChI is InChI=1S/C13H25NO2/c1-11(15)10-12-6-4-5-8-14(12)9-7-13(2,3)16/h12,16H,4-10H2,1-3H3. The average molecular weight is 227 g/mol. The number of piperidine rings is 1. The monoisotopic (exact) mass is 227 g/mol. The van der Waals surface area contributed by atoms with Crippen molar-refractivity contribution in [2.45, 2.75) is 64.5 Å². The highest BCUT2D eigenvalue weighted by molar-refractivity contribution is 5.76. The maximum Gasteiger partial charge on any atom is 0.131 e. The van der Waals surface area contributed by atoms with Gasteiger partial charge in [0, 0.05) is 19.0 Å². The lowest BCUT2D eigenvalue weighted by Gasteiger charge is -2.36. The van der Waals surface area contributed by atoms with E-state index in [0.29, 0.717) is 12.5 Å². The van der Waals surface area contributed by atoms with E-state index in [0.717, 1.165) is 25.9 Å². The van der Waals surface area contributed by atoms with Crippen LogP contribution in [0.15, 0.2) is 0 Å². The number of aliphatic hydroxyl groups is 1. The number of hydrogen-bond donors (Lipinski definition) is 1. The minimum Gasteiger partial charge on any atom is -0.390 e. The molecule has 1 unspecified atom stereocenters. The smallest absolute Gasteiger partial charge is 0.131 e. The van der Waals surface area contributed by atoms with Gasteiger partial charge in [-0.25, -0.2) is 0 Å². The third-order valence-corrected chi connectivity index (χ3v) is 3.28. The molecule has 3 heteroatoms. The summed E-state index contributed by atoms with van der Waals surface area (Å²) >= 11 is 0. The molecule has 1 aliphatic rings. The first kappa shape index (κ1) is 13.7. The predicted octanol–water partition coefficient (Wildman–Crippen LogP) is 1.98. The number of ketones is 1. The molecule has 0 aromatic heterocycles. The Bertz CT molecular complexity index is 233. The van der Waals surface area contributed by atoms with Gasteiger partial charge in [0.15, 0.2) is 0 Å². The van der Waals surface area contributed by atoms with Gasteiger partial charge in [0.05, 0.1) is 5.60 Å². The van der Waals surface area contributed by atoms with Crippen molar-refractivity contribution in [3.63, 3.8) is 0 Å². The molecular formula is C13H25NO2. The quantitative estimate of drug-likeness (QED) is 0.780. The van der Waals surface area contributed by atoms with Gasteiger partial charge in [-0.3, -0.25) is 9.69 Å². The number of carbonyl (C=O) groups is 1. The molecule has 1 heterocycles. The van der Waals surface area contributed by atoms with Crippen LogP contribution < -0.4 is 0 Å². The molecule has 0 aliphatic carbocycles. The Morgan fingerprint density at radius 1 is 1.44 bits per heavy atom. The van der Waals surface area contributed by atoms with Gasteiger partial charge in [0.1, 0.15) is 5.78 Å². The fourth-order valence-corrected chi connectivity index (χ4v) is 2.33. The third-order valence-electron chi connectivity index (χ3n) is 3.28. The number of nitrogens with zero attached hydrogens (tertiary/aromatic N) is 1. The number of rotatable bonds is 5. The summed E-state index contributed by atoms with van der Waals surface area (Å²) in [4.78, 5) is 13.6. The summed E-state index contributed by atoms with van der Waals surface area (Å²) in [5.41, 5.74) is -0.599. The Hall–Kier alpha value is -0.410. The molecule has 1 aliphatic heterocycles. The van der Waals surface area contributed by atoms with Crippen LogP contribution in [0.3, 0.4) is 0 Å². The highest BCUT2D eigenvalue weighted by Gasteiger charge is 2.25. The molecule has 0 radical (unpaired) electrons. The van der Waals surface area contributed by atoms with Crippen LogP contribution in [0, 0.1) is 0 Å². The van der Waals surface area contributed by atoms with Crippen molar-refractivity contribution in [2.75, 3.05) is 13.1 Å². The number of likely N-dealkylation sites (tertiary alicyclic amines) is 1. The summed E-state index contributed by atoms with van der Waals surface area (Å²) in [5, 5.41) is 9.72. The SMILES string of the molecule is CC(=O)CC1CCCCN1CCC(C)(C)O. The molecule has 3 nitrogen and oxygen atoms in total. The molecule has 0 aromatic carbocycles. The van der Waals surface area contributed by atoms with Gasteiger partial charge in [-0.05, 0) is 46.6 Å². The van der Waals surface area contributed by atoms with E-state index in [-0.39, 0.29) is 5.78 Å². The first-order chi connectivity index (χ1) is 7.38. The van der Waals surface area contributed by atoms with Gasteiger partial charge < -0.3 is 5.11 Å². The van der Waals surface area contributed by atoms with Gasteiger partial charge in [-0.1, -0.05) is 6.42 Å². The summed E-state index contributed by atoms with van der Waals surface area (Å²) in [6.07, 6.45) is 5.04. The van der Waals surface area contributed by atoms with E-state index >= 15 is 0 Å². The molecular weight excluding hydrogens is 202 g/mol. The van der Waals surface area contributed by atoms with E-state index in [1.54, 1.807) is 6.92 Å². The highest BCUT2D eigenvalue weighted by Crippen LogP contribution is 2.21. The van der Waals surface area contributed by atoms with Crippen LogP contribution >= 0.6 is 0 Å². The van der Waals surface area contributed by atoms with Crippen molar-refractivity contribution in [1.29, 1.82) is 0 Å². The fraction of sp³-hybridized carbons (Fsp3) is 0.923. The first-order valence-electron chi connectivity index (χ1n) is 6.34. The molecule has 1 N–H and O–H groups in total. The van der Waals surface area contributed by atoms with Crippen LogP contribution in [-0.2, 0) is 4.79 Å². The fourth-order valence-electron chi connectivity index (χ4n) is 2.33. The van der Waals surface area contributed by atoms with Gasteiger partial charge >= 0.3 is 0 Å². The topological polar surface area (TPSA) is 40.5 Å². The molecule has 1 fully saturated rings. The summed E-state index contributed by atoms with van der Waals surface area (Å²) in [5.74, 6) is 0.278. The van der Waals surface area contributed by atoms with Gasteiger partial charge in [-0.2, -0.15) is 0 Å². The average Bonchev–Trinajstić information content (AvgIpc) is 2.14. The van der Waals surface area contributed by atoms with Crippen LogP contribution in [0.4, 0.5) is 0 Å². The lowest BCUT2D eigenvalue weighted by molar-refractivity contribution is -0.118.